The molecule has 6 heteroatoms. The number of aliphatic hydroxyl groups is 2. The number of nitrogens with zero attached hydrogens (tertiary/aromatic N) is 1. The molecule has 0 unspecified atom stereocenters. The van der Waals surface area contributed by atoms with E-state index >= 15 is 0 Å². The van der Waals surface area contributed by atoms with Crippen LogP contribution in [0, 0.1) is 5.82 Å². The lowest BCUT2D eigenvalue weighted by Gasteiger charge is -2.15. The lowest BCUT2D eigenvalue weighted by Crippen LogP contribution is -2.31. The maximum absolute atomic E-state index is 12.9. The number of carbonyl (C=O) groups is 1. The molecule has 0 bridgehead atoms. The zero-order valence-electron chi connectivity index (χ0n) is 13.7. The molecule has 1 amide bonds. The highest BCUT2D eigenvalue weighted by Gasteiger charge is 2.32. The Morgan fingerprint density at radius 2 is 1.56 bits per heavy atom. The number of benzene rings is 2. The van der Waals surface area contributed by atoms with Crippen LogP contribution in [0.3, 0.4) is 0 Å². The molecule has 2 aromatic carbocycles. The summed E-state index contributed by atoms with van der Waals surface area (Å²) in [6.07, 6.45) is -1.48. The molecule has 5 nitrogen and oxygen atoms in total. The molecule has 0 saturated carbocycles. The van der Waals surface area contributed by atoms with Gasteiger partial charge in [-0.25, -0.2) is 4.39 Å². The fourth-order valence-electron chi connectivity index (χ4n) is 2.81. The number of halogens is 1. The van der Waals surface area contributed by atoms with E-state index in [4.69, 9.17) is 0 Å². The van der Waals surface area contributed by atoms with Crippen molar-refractivity contribution in [1.29, 1.82) is 0 Å². The Hall–Kier alpha value is -2.44. The SMILES string of the molecule is O=C(Cc1ccc(NCc2ccc(F)cc2)cc1)N1C[C@@H](O)[C@H](O)C1. The molecule has 1 saturated heterocycles. The van der Waals surface area contributed by atoms with Crippen molar-refractivity contribution in [3.63, 3.8) is 0 Å². The van der Waals surface area contributed by atoms with Gasteiger partial charge in [0.15, 0.2) is 0 Å². The highest BCUT2D eigenvalue weighted by Crippen LogP contribution is 2.15. The first-order chi connectivity index (χ1) is 12.0. The van der Waals surface area contributed by atoms with E-state index in [2.05, 4.69) is 5.32 Å². The number of amides is 1. The quantitative estimate of drug-likeness (QED) is 0.769. The van der Waals surface area contributed by atoms with Gasteiger partial charge in [-0.1, -0.05) is 24.3 Å². The Labute approximate surface area is 145 Å². The molecule has 1 heterocycles. The van der Waals surface area contributed by atoms with Gasteiger partial charge < -0.3 is 20.4 Å². The number of likely N-dealkylation sites (tertiary alicyclic amines) is 1. The number of nitrogens with one attached hydrogen (secondary N) is 1. The Morgan fingerprint density at radius 3 is 2.16 bits per heavy atom. The summed E-state index contributed by atoms with van der Waals surface area (Å²) in [5, 5.41) is 22.3. The Bertz CT molecular complexity index is 708. The second-order valence-corrected chi connectivity index (χ2v) is 6.29. The smallest absolute Gasteiger partial charge is 0.227 e. The second kappa shape index (κ2) is 7.63. The topological polar surface area (TPSA) is 72.8 Å². The standard InChI is InChI=1S/C19H21FN2O3/c20-15-5-1-14(2-6-15)10-21-16-7-3-13(4-8-16)9-19(25)22-11-17(23)18(24)12-22/h1-8,17-18,21,23-24H,9-12H2/t17-,18-/m1/s1. The molecule has 0 spiro atoms. The monoisotopic (exact) mass is 344 g/mol. The summed E-state index contributed by atoms with van der Waals surface area (Å²) in [6, 6.07) is 13.8. The van der Waals surface area contributed by atoms with Gasteiger partial charge in [0.1, 0.15) is 5.82 Å². The van der Waals surface area contributed by atoms with Gasteiger partial charge in [-0.3, -0.25) is 4.79 Å². The predicted octanol–water partition coefficient (Wildman–Crippen LogP) is 1.54. The van der Waals surface area contributed by atoms with E-state index in [9.17, 15) is 19.4 Å². The van der Waals surface area contributed by atoms with Crippen molar-refractivity contribution in [2.24, 2.45) is 0 Å². The van der Waals surface area contributed by atoms with Crippen LogP contribution in [0.15, 0.2) is 48.5 Å². The van der Waals surface area contributed by atoms with Crippen molar-refractivity contribution >= 4 is 11.6 Å². The molecule has 2 aromatic rings. The van der Waals surface area contributed by atoms with Crippen LogP contribution >= 0.6 is 0 Å². The summed E-state index contributed by atoms with van der Waals surface area (Å²) in [5.41, 5.74) is 2.76. The normalized spacial score (nSPS) is 19.9. The lowest BCUT2D eigenvalue weighted by atomic mass is 10.1. The number of anilines is 1. The summed E-state index contributed by atoms with van der Waals surface area (Å²) in [6.45, 7) is 0.941. The predicted molar refractivity (Wildman–Crippen MR) is 92.5 cm³/mol. The molecule has 25 heavy (non-hydrogen) atoms. The molecular formula is C19H21FN2O3. The fraction of sp³-hybridized carbons (Fsp3) is 0.316. The second-order valence-electron chi connectivity index (χ2n) is 6.29. The lowest BCUT2D eigenvalue weighted by molar-refractivity contribution is -0.129. The molecule has 2 atom stereocenters. The van der Waals surface area contributed by atoms with Crippen molar-refractivity contribution in [2.45, 2.75) is 25.2 Å². The average Bonchev–Trinajstić information content (AvgIpc) is 2.95. The fourth-order valence-corrected chi connectivity index (χ4v) is 2.81. The van der Waals surface area contributed by atoms with Crippen LogP contribution in [0.1, 0.15) is 11.1 Å². The van der Waals surface area contributed by atoms with E-state index in [1.165, 1.54) is 17.0 Å². The zero-order chi connectivity index (χ0) is 17.8. The third kappa shape index (κ3) is 4.55. The van der Waals surface area contributed by atoms with Crippen molar-refractivity contribution in [2.75, 3.05) is 18.4 Å². The summed E-state index contributed by atoms with van der Waals surface area (Å²) < 4.78 is 12.9. The average molecular weight is 344 g/mol. The Kier molecular flexibility index (Phi) is 5.31. The summed E-state index contributed by atoms with van der Waals surface area (Å²) in [7, 11) is 0. The van der Waals surface area contributed by atoms with E-state index in [-0.39, 0.29) is 31.2 Å². The number of rotatable bonds is 5. The van der Waals surface area contributed by atoms with Crippen LogP contribution in [0.2, 0.25) is 0 Å². The number of hydrogen-bond donors (Lipinski definition) is 3. The first-order valence-electron chi connectivity index (χ1n) is 8.22. The van der Waals surface area contributed by atoms with Crippen molar-refractivity contribution in [3.05, 3.63) is 65.5 Å². The molecule has 1 aliphatic rings. The minimum Gasteiger partial charge on any atom is -0.388 e. The summed E-state index contributed by atoms with van der Waals surface area (Å²) in [4.78, 5) is 13.7. The van der Waals surface area contributed by atoms with E-state index < -0.39 is 12.2 Å². The third-order valence-corrected chi connectivity index (χ3v) is 4.33. The summed E-state index contributed by atoms with van der Waals surface area (Å²) >= 11 is 0. The van der Waals surface area contributed by atoms with Gasteiger partial charge in [0.05, 0.1) is 18.6 Å². The van der Waals surface area contributed by atoms with Crippen LogP contribution in [-0.4, -0.2) is 46.3 Å². The first kappa shape index (κ1) is 17.4. The maximum atomic E-state index is 12.9. The van der Waals surface area contributed by atoms with Gasteiger partial charge in [-0.2, -0.15) is 0 Å². The van der Waals surface area contributed by atoms with Crippen molar-refractivity contribution < 1.29 is 19.4 Å². The van der Waals surface area contributed by atoms with Gasteiger partial charge in [0, 0.05) is 25.3 Å². The minimum absolute atomic E-state index is 0.109. The molecule has 3 rings (SSSR count). The first-order valence-corrected chi connectivity index (χ1v) is 8.22. The van der Waals surface area contributed by atoms with Gasteiger partial charge in [0.25, 0.3) is 0 Å². The number of aliphatic hydroxyl groups excluding tert-OH is 2. The molecule has 0 aliphatic carbocycles. The van der Waals surface area contributed by atoms with E-state index in [1.54, 1.807) is 12.1 Å². The van der Waals surface area contributed by atoms with Crippen LogP contribution < -0.4 is 5.32 Å². The van der Waals surface area contributed by atoms with E-state index in [0.717, 1.165) is 16.8 Å². The van der Waals surface area contributed by atoms with Crippen LogP contribution in [0.4, 0.5) is 10.1 Å². The van der Waals surface area contributed by atoms with Gasteiger partial charge >= 0.3 is 0 Å². The highest BCUT2D eigenvalue weighted by molar-refractivity contribution is 5.79. The number of hydrogen-bond acceptors (Lipinski definition) is 4. The molecule has 132 valence electrons. The minimum atomic E-state index is -0.859. The molecule has 1 fully saturated rings. The van der Waals surface area contributed by atoms with Crippen LogP contribution in [-0.2, 0) is 17.8 Å². The van der Waals surface area contributed by atoms with Gasteiger partial charge in [-0.15, -0.1) is 0 Å². The zero-order valence-corrected chi connectivity index (χ0v) is 13.7. The van der Waals surface area contributed by atoms with Crippen LogP contribution in [0.25, 0.3) is 0 Å². The van der Waals surface area contributed by atoms with Gasteiger partial charge in [0.2, 0.25) is 5.91 Å². The third-order valence-electron chi connectivity index (χ3n) is 4.33. The highest BCUT2D eigenvalue weighted by atomic mass is 19.1. The molecule has 1 aliphatic heterocycles. The largest absolute Gasteiger partial charge is 0.388 e. The molecule has 0 aromatic heterocycles. The molecule has 0 radical (unpaired) electrons. The number of carbonyl (C=O) groups excluding carboxylic acids is 1. The van der Waals surface area contributed by atoms with Crippen LogP contribution in [0.5, 0.6) is 0 Å². The Morgan fingerprint density at radius 1 is 1.00 bits per heavy atom. The molecular weight excluding hydrogens is 323 g/mol. The van der Waals surface area contributed by atoms with Crippen molar-refractivity contribution in [3.8, 4) is 0 Å². The molecule has 3 N–H and O–H groups in total. The Balaban J connectivity index is 1.51. The maximum Gasteiger partial charge on any atom is 0.227 e. The van der Waals surface area contributed by atoms with Crippen molar-refractivity contribution in [1.82, 2.24) is 4.90 Å². The van der Waals surface area contributed by atoms with E-state index in [1.807, 2.05) is 24.3 Å². The van der Waals surface area contributed by atoms with E-state index in [0.29, 0.717) is 6.54 Å². The van der Waals surface area contributed by atoms with Gasteiger partial charge in [-0.05, 0) is 35.4 Å². The number of β-amino-alcohol motifs (C(OH)–C–C–N with tert-alkyl or cyclic N) is 2. The summed E-state index contributed by atoms with van der Waals surface area (Å²) in [5.74, 6) is -0.363.